The molecule has 90 heavy (non-hydrogen) atoms. The van der Waals surface area contributed by atoms with Crippen molar-refractivity contribution >= 4 is 85.5 Å². The van der Waals surface area contributed by atoms with Crippen LogP contribution in [0.2, 0.25) is 0 Å². The fraction of sp³-hybridized carbons (Fsp3) is 0.0690. The maximum Gasteiger partial charge on any atom is 0.569 e. The normalized spacial score (nSPS) is 11.1. The van der Waals surface area contributed by atoms with Gasteiger partial charge in [0, 0.05) is 40.6 Å². The zero-order chi connectivity index (χ0) is 64.4. The highest BCUT2D eigenvalue weighted by Crippen LogP contribution is 2.38. The van der Waals surface area contributed by atoms with E-state index in [0.717, 1.165) is 80.9 Å². The van der Waals surface area contributed by atoms with E-state index in [1.54, 1.807) is 24.3 Å². The lowest BCUT2D eigenvalue weighted by molar-refractivity contribution is 0.346. The second kappa shape index (κ2) is 28.6. The average molecular weight is 1400 g/mol. The van der Waals surface area contributed by atoms with Gasteiger partial charge in [0.05, 0.1) is 41.1 Å². The number of aromatic nitrogens is 2. The van der Waals surface area contributed by atoms with Crippen LogP contribution in [0.5, 0.6) is 28.7 Å². The van der Waals surface area contributed by atoms with Crippen molar-refractivity contribution < 1.29 is 97.0 Å². The zero-order valence-corrected chi connectivity index (χ0v) is 52.3. The molecule has 0 bridgehead atoms. The molecule has 1 radical (unpaired) electrons. The van der Waals surface area contributed by atoms with E-state index >= 15 is 4.39 Å². The summed E-state index contributed by atoms with van der Waals surface area (Å²) in [5, 5.41) is 8.38. The highest BCUT2D eigenvalue weighted by atomic mass is 79.9. The molecular weight excluding hydrogens is 1360 g/mol. The van der Waals surface area contributed by atoms with Crippen LogP contribution in [0, 0.1) is 83.7 Å². The minimum Gasteiger partial charge on any atom is -0.537 e. The lowest BCUT2D eigenvalue weighted by atomic mass is 10.0. The van der Waals surface area contributed by atoms with Crippen LogP contribution in [-0.2, 0) is 20.2 Å². The number of halogens is 13. The highest BCUT2D eigenvalue weighted by Gasteiger charge is 2.33. The molecule has 0 fully saturated rings. The second-order valence-corrected chi connectivity index (χ2v) is 22.1. The van der Waals surface area contributed by atoms with Gasteiger partial charge in [-0.3, -0.25) is 18.7 Å². The average Bonchev–Trinajstić information content (AvgIpc) is 1.16. The summed E-state index contributed by atoms with van der Waals surface area (Å²) in [5.41, 5.74) is 1.56. The van der Waals surface area contributed by atoms with Gasteiger partial charge in [-0.2, -0.15) is 54.2 Å². The third-order valence-electron chi connectivity index (χ3n) is 12.5. The summed E-state index contributed by atoms with van der Waals surface area (Å²) in [4.78, 5) is 24.1. The van der Waals surface area contributed by atoms with Gasteiger partial charge >= 0.3 is 27.9 Å². The summed E-state index contributed by atoms with van der Waals surface area (Å²) in [6, 6.07) is 29.6. The SMILES string of the molecule is COc1cc(-c2cccc(C)c2)c(F)cc1-n1c(=O)ccc2cc(S(=O)(=O)Oc3c(F)c(F)c(F)c(F)c3F)ccc21.COc1cc(Br)c(F)cc1-n1c(=O)ccc2cc(S(=O)(=O)Oc3c(F)c(F)c(F)c(F)c3F)ccc21.Cc1cccc(O[B]O)c1.P.P. The fourth-order valence-electron chi connectivity index (χ4n) is 8.41. The molecule has 2 heterocycles. The number of aryl methyl sites for hydroxylation is 2. The first-order valence-corrected chi connectivity index (χ1v) is 28.1. The number of fused-ring (bicyclic) bond motifs is 2. The van der Waals surface area contributed by atoms with Crippen LogP contribution < -0.4 is 33.6 Å². The molecule has 2 unspecified atom stereocenters. The van der Waals surface area contributed by atoms with Crippen molar-refractivity contribution in [3.63, 3.8) is 0 Å². The van der Waals surface area contributed by atoms with Gasteiger partial charge in [0.25, 0.3) is 11.1 Å². The number of benzene rings is 8. The van der Waals surface area contributed by atoms with Crippen LogP contribution in [0.4, 0.5) is 52.7 Å². The first-order chi connectivity index (χ1) is 41.5. The molecule has 471 valence electrons. The molecule has 2 atom stereocenters. The van der Waals surface area contributed by atoms with E-state index in [1.807, 2.05) is 38.1 Å². The smallest absolute Gasteiger partial charge is 0.537 e. The van der Waals surface area contributed by atoms with Gasteiger partial charge in [-0.15, -0.1) is 0 Å². The number of hydrogen-bond acceptors (Lipinski definition) is 12. The van der Waals surface area contributed by atoms with Gasteiger partial charge in [0.1, 0.15) is 38.7 Å². The first kappa shape index (κ1) is 70.7. The summed E-state index contributed by atoms with van der Waals surface area (Å²) in [6.45, 7) is 3.80. The van der Waals surface area contributed by atoms with Crippen molar-refractivity contribution in [2.24, 2.45) is 0 Å². The lowest BCUT2D eigenvalue weighted by Gasteiger charge is -2.17. The van der Waals surface area contributed by atoms with Crippen molar-refractivity contribution in [2.75, 3.05) is 14.2 Å². The molecule has 0 aliphatic rings. The van der Waals surface area contributed by atoms with E-state index in [1.165, 1.54) is 38.5 Å². The standard InChI is InChI=1S/C29H17F6NO5S.C22H10BrF6NO5S.C7H8BO2.2H3P/c1-14-4-3-5-15(10-14)18-12-22(40-2)21(13-19(18)30)36-20-8-7-17(11-16(20)6-9-23(36)37)42(38,39)41-29-27(34)25(32)24(31)26(33)28(29)35;1-34-15-7-11(23)12(24)8-14(15)30-13-4-3-10(6-9(13)2-5-16(30)31)36(32,33)35-22-20(28)18(26)17(25)19(27)21(22)29;1-6-3-2-4-7(5-6)10-8-9;;/h3-13H,1-2H3;2-8H,1H3;2-5,9H,1H3;2*1H3. The van der Waals surface area contributed by atoms with Crippen LogP contribution >= 0.6 is 35.7 Å². The Morgan fingerprint density at radius 3 is 1.28 bits per heavy atom. The minimum absolute atomic E-state index is 0. The monoisotopic (exact) mass is 1400 g/mol. The van der Waals surface area contributed by atoms with Crippen LogP contribution in [0.15, 0.2) is 157 Å². The predicted molar refractivity (Wildman–Crippen MR) is 320 cm³/mol. The van der Waals surface area contributed by atoms with Crippen molar-refractivity contribution in [1.82, 2.24) is 9.13 Å². The van der Waals surface area contributed by atoms with Crippen LogP contribution in [0.1, 0.15) is 11.1 Å². The van der Waals surface area contributed by atoms with E-state index in [4.69, 9.17) is 19.2 Å². The maximum atomic E-state index is 15.4. The molecule has 0 spiro atoms. The van der Waals surface area contributed by atoms with Crippen LogP contribution in [-0.4, -0.2) is 52.9 Å². The summed E-state index contributed by atoms with van der Waals surface area (Å²) >= 11 is 3.00. The topological polar surface area (TPSA) is 179 Å². The van der Waals surface area contributed by atoms with Crippen molar-refractivity contribution in [3.8, 4) is 51.2 Å². The van der Waals surface area contributed by atoms with E-state index in [9.17, 15) is 74.7 Å². The van der Waals surface area contributed by atoms with Gasteiger partial charge in [-0.05, 0) is 114 Å². The predicted octanol–water partition coefficient (Wildman–Crippen LogP) is 13.0. The van der Waals surface area contributed by atoms with Gasteiger partial charge in [0.15, 0.2) is 0 Å². The molecule has 8 aromatic carbocycles. The molecule has 32 heteroatoms. The van der Waals surface area contributed by atoms with Gasteiger partial charge in [-0.25, -0.2) is 35.1 Å². The summed E-state index contributed by atoms with van der Waals surface area (Å²) in [5.74, 6) is -29.0. The molecule has 14 nitrogen and oxygen atoms in total. The Hall–Kier alpha value is -8.40. The van der Waals surface area contributed by atoms with Crippen LogP contribution in [0.3, 0.4) is 0 Å². The molecule has 1 N–H and O–H groups in total. The molecule has 0 amide bonds. The number of methoxy groups -OCH3 is 2. The summed E-state index contributed by atoms with van der Waals surface area (Å²) in [7, 11) is -7.01. The van der Waals surface area contributed by atoms with E-state index in [0.29, 0.717) is 19.0 Å². The second-order valence-electron chi connectivity index (χ2n) is 18.2. The third-order valence-corrected chi connectivity index (χ3v) is 15.6. The molecule has 0 saturated carbocycles. The van der Waals surface area contributed by atoms with Gasteiger partial charge in [-0.1, -0.05) is 42.0 Å². The largest absolute Gasteiger partial charge is 0.569 e. The third kappa shape index (κ3) is 14.4. The molecule has 0 aliphatic heterocycles. The van der Waals surface area contributed by atoms with Gasteiger partial charge in [0.2, 0.25) is 69.7 Å². The number of hydrogen-bond donors (Lipinski definition) is 1. The molecule has 0 aliphatic carbocycles. The van der Waals surface area contributed by atoms with Crippen molar-refractivity contribution in [1.29, 1.82) is 0 Å². The molecule has 10 aromatic rings. The number of rotatable bonds is 13. The quantitative estimate of drug-likeness (QED) is 0.0289. The van der Waals surface area contributed by atoms with Crippen LogP contribution in [0.25, 0.3) is 44.3 Å². The molecule has 2 aromatic heterocycles. The maximum absolute atomic E-state index is 15.4. The Morgan fingerprint density at radius 1 is 0.467 bits per heavy atom. The van der Waals surface area contributed by atoms with Crippen molar-refractivity contribution in [3.05, 3.63) is 240 Å². The summed E-state index contributed by atoms with van der Waals surface area (Å²) < 4.78 is 243. The summed E-state index contributed by atoms with van der Waals surface area (Å²) in [6.07, 6.45) is 0. The Kier molecular flexibility index (Phi) is 22.5. The molecule has 0 saturated heterocycles. The van der Waals surface area contributed by atoms with Crippen molar-refractivity contribution in [2.45, 2.75) is 23.6 Å². The Bertz CT molecular complexity index is 4770. The van der Waals surface area contributed by atoms with Gasteiger partial charge < -0.3 is 27.5 Å². The Labute approximate surface area is 517 Å². The molecule has 10 rings (SSSR count). The Balaban J connectivity index is 0.000000245. The first-order valence-electron chi connectivity index (χ1n) is 24.4. The highest BCUT2D eigenvalue weighted by molar-refractivity contribution is 9.10. The minimum atomic E-state index is -5.15. The van der Waals surface area contributed by atoms with E-state index < -0.39 is 122 Å². The fourth-order valence-corrected chi connectivity index (χ4v) is 10.7. The Morgan fingerprint density at radius 2 is 0.867 bits per heavy atom. The van der Waals surface area contributed by atoms with E-state index in [2.05, 4.69) is 24.3 Å². The number of ether oxygens (including phenoxy) is 2. The van der Waals surface area contributed by atoms with E-state index in [-0.39, 0.29) is 74.5 Å². The molecular formula is C58H41BBrF12N2O12P2S2. The number of pyridine rings is 2. The zero-order valence-electron chi connectivity index (χ0n) is 46.3. The number of nitrogens with zero attached hydrogens (tertiary/aromatic N) is 2. The lowest BCUT2D eigenvalue weighted by Crippen LogP contribution is -2.19.